The second-order valence-corrected chi connectivity index (χ2v) is 11.7. The number of aliphatic hydroxyl groups excluding tert-OH is 1. The van der Waals surface area contributed by atoms with Gasteiger partial charge in [-0.3, -0.25) is 0 Å². The zero-order chi connectivity index (χ0) is 29.6. The average Bonchev–Trinajstić information content (AvgIpc) is 2.94. The van der Waals surface area contributed by atoms with Crippen LogP contribution in [0.4, 0.5) is 4.79 Å². The van der Waals surface area contributed by atoms with Gasteiger partial charge in [-0.25, -0.2) is 9.59 Å². The summed E-state index contributed by atoms with van der Waals surface area (Å²) in [5.74, 6) is -0.359. The summed E-state index contributed by atoms with van der Waals surface area (Å²) >= 11 is 6.03. The molecule has 41 heavy (non-hydrogen) atoms. The molecule has 0 fully saturated rings. The van der Waals surface area contributed by atoms with Crippen molar-refractivity contribution in [3.8, 4) is 11.1 Å². The van der Waals surface area contributed by atoms with Crippen LogP contribution >= 0.6 is 11.6 Å². The number of carbonyl (C=O) groups excluding carboxylic acids is 2. The van der Waals surface area contributed by atoms with E-state index in [1.54, 1.807) is 42.2 Å². The van der Waals surface area contributed by atoms with E-state index in [2.05, 4.69) is 18.2 Å². The van der Waals surface area contributed by atoms with E-state index < -0.39 is 17.8 Å². The molecule has 0 unspecified atom stereocenters. The number of hydrogen-bond acceptors (Lipinski definition) is 5. The van der Waals surface area contributed by atoms with Crippen molar-refractivity contribution >= 4 is 29.7 Å². The number of esters is 1. The number of ether oxygens (including phenoxy) is 2. The highest BCUT2D eigenvalue weighted by atomic mass is 35.5. The Morgan fingerprint density at radius 3 is 2.37 bits per heavy atom. The molecule has 1 amide bonds. The van der Waals surface area contributed by atoms with Crippen molar-refractivity contribution in [2.75, 3.05) is 13.2 Å². The number of carbonyl (C=O) groups is 2. The van der Waals surface area contributed by atoms with E-state index in [0.717, 1.165) is 29.5 Å². The summed E-state index contributed by atoms with van der Waals surface area (Å²) in [6.45, 7) is 7.79. The molecule has 0 spiro atoms. The van der Waals surface area contributed by atoms with Gasteiger partial charge in [-0.2, -0.15) is 0 Å². The molecular formula is C34H38ClNO5. The number of amides is 1. The Kier molecular flexibility index (Phi) is 9.90. The quantitative estimate of drug-likeness (QED) is 0.223. The monoisotopic (exact) mass is 575 g/mol. The molecule has 3 aromatic carbocycles. The number of aryl methyl sites for hydroxylation is 1. The van der Waals surface area contributed by atoms with E-state index in [1.165, 1.54) is 17.2 Å². The highest BCUT2D eigenvalue weighted by Gasteiger charge is 2.33. The summed E-state index contributed by atoms with van der Waals surface area (Å²) in [5.41, 5.74) is 5.54. The maximum atomic E-state index is 13.4. The van der Waals surface area contributed by atoms with Gasteiger partial charge in [0.05, 0.1) is 19.3 Å². The summed E-state index contributed by atoms with van der Waals surface area (Å²) in [6.07, 6.45) is 4.14. The zero-order valence-electron chi connectivity index (χ0n) is 24.1. The van der Waals surface area contributed by atoms with Crippen molar-refractivity contribution < 1.29 is 24.2 Å². The molecule has 1 aliphatic rings. The van der Waals surface area contributed by atoms with E-state index in [4.69, 9.17) is 21.1 Å². The van der Waals surface area contributed by atoms with Gasteiger partial charge in [-0.15, -0.1) is 0 Å². The van der Waals surface area contributed by atoms with E-state index in [-0.39, 0.29) is 18.6 Å². The van der Waals surface area contributed by atoms with Crippen molar-refractivity contribution in [1.29, 1.82) is 0 Å². The Morgan fingerprint density at radius 1 is 1.02 bits per heavy atom. The number of aliphatic hydroxyl groups is 1. The molecule has 6 nitrogen and oxygen atoms in total. The molecule has 0 heterocycles. The third-order valence-electron chi connectivity index (χ3n) is 7.04. The predicted octanol–water partition coefficient (Wildman–Crippen LogP) is 7.41. The molecule has 0 aliphatic heterocycles. The molecule has 7 heteroatoms. The second-order valence-electron chi connectivity index (χ2n) is 11.3. The Morgan fingerprint density at radius 2 is 1.71 bits per heavy atom. The van der Waals surface area contributed by atoms with Crippen molar-refractivity contribution in [2.45, 2.75) is 64.7 Å². The van der Waals surface area contributed by atoms with Gasteiger partial charge in [0.1, 0.15) is 5.60 Å². The lowest BCUT2D eigenvalue weighted by Gasteiger charge is -2.37. The first-order chi connectivity index (χ1) is 19.5. The van der Waals surface area contributed by atoms with Gasteiger partial charge in [0.15, 0.2) is 0 Å². The number of fused-ring (bicyclic) bond motifs is 1. The Balaban J connectivity index is 1.53. The van der Waals surface area contributed by atoms with E-state index >= 15 is 0 Å². The Labute approximate surface area is 247 Å². The molecule has 1 N–H and O–H groups in total. The van der Waals surface area contributed by atoms with Crippen LogP contribution in [-0.2, 0) is 27.1 Å². The van der Waals surface area contributed by atoms with Gasteiger partial charge in [0, 0.05) is 17.1 Å². The van der Waals surface area contributed by atoms with Gasteiger partial charge in [0.25, 0.3) is 0 Å². The Bertz CT molecular complexity index is 1380. The molecule has 216 valence electrons. The number of halogens is 1. The van der Waals surface area contributed by atoms with Crippen LogP contribution in [0.1, 0.15) is 62.5 Å². The maximum absolute atomic E-state index is 13.4. The molecule has 0 aromatic heterocycles. The summed E-state index contributed by atoms with van der Waals surface area (Å²) < 4.78 is 10.7. The number of nitrogens with zero attached hydrogens (tertiary/aromatic N) is 1. The molecule has 3 aromatic rings. The van der Waals surface area contributed by atoms with Crippen molar-refractivity contribution in [3.05, 3.63) is 100 Å². The fourth-order valence-electron chi connectivity index (χ4n) is 4.99. The molecular weight excluding hydrogens is 538 g/mol. The van der Waals surface area contributed by atoms with Crippen LogP contribution in [-0.4, -0.2) is 46.9 Å². The van der Waals surface area contributed by atoms with E-state index in [1.807, 2.05) is 45.0 Å². The van der Waals surface area contributed by atoms with Crippen LogP contribution in [0.25, 0.3) is 17.2 Å². The summed E-state index contributed by atoms with van der Waals surface area (Å²) in [5, 5.41) is 11.6. The lowest BCUT2D eigenvalue weighted by molar-refractivity contribution is -0.137. The summed E-state index contributed by atoms with van der Waals surface area (Å²) in [4.78, 5) is 26.7. The first kappa shape index (κ1) is 30.4. The first-order valence-corrected chi connectivity index (χ1v) is 14.4. The Hall–Kier alpha value is -3.61. The number of hydrogen-bond donors (Lipinski definition) is 1. The topological polar surface area (TPSA) is 76.1 Å². The number of benzene rings is 3. The summed E-state index contributed by atoms with van der Waals surface area (Å²) in [6, 6.07) is 21.4. The zero-order valence-corrected chi connectivity index (χ0v) is 24.9. The lowest BCUT2D eigenvalue weighted by Crippen LogP contribution is -2.47. The largest absolute Gasteiger partial charge is 0.463 e. The van der Waals surface area contributed by atoms with Crippen LogP contribution in [0.2, 0.25) is 5.02 Å². The minimum absolute atomic E-state index is 0.120. The third-order valence-corrected chi connectivity index (χ3v) is 7.30. The van der Waals surface area contributed by atoms with Crippen LogP contribution in [0, 0.1) is 0 Å². The fraction of sp³-hybridized carbons (Fsp3) is 0.353. The van der Waals surface area contributed by atoms with Crippen LogP contribution in [0.3, 0.4) is 0 Å². The molecule has 0 bridgehead atoms. The molecule has 4 rings (SSSR count). The predicted molar refractivity (Wildman–Crippen MR) is 163 cm³/mol. The van der Waals surface area contributed by atoms with Crippen molar-refractivity contribution in [1.82, 2.24) is 4.90 Å². The van der Waals surface area contributed by atoms with Gasteiger partial charge < -0.3 is 19.5 Å². The fourth-order valence-corrected chi connectivity index (χ4v) is 5.12. The van der Waals surface area contributed by atoms with Crippen LogP contribution in [0.15, 0.2) is 72.8 Å². The normalized spacial score (nSPS) is 15.7. The van der Waals surface area contributed by atoms with Gasteiger partial charge in [-0.1, -0.05) is 66.2 Å². The highest BCUT2D eigenvalue weighted by Crippen LogP contribution is 2.31. The van der Waals surface area contributed by atoms with Crippen LogP contribution < -0.4 is 0 Å². The molecule has 0 radical (unpaired) electrons. The molecule has 0 saturated carbocycles. The SMILES string of the molecule is CCOC(=O)C=Cc1ccc(-c2ccc3c(c2)C[C@@H](N(C[C@H](O)c2ccc(Cl)cc2)C(=O)OC(C)(C)C)CC3)cc1. The standard InChI is InChI=1S/C34H38ClNO5/c1-5-40-32(38)19-8-23-6-9-24(10-7-23)27-12-11-25-15-18-30(21-28(25)20-27)36(33(39)41-34(2,3)4)22-31(37)26-13-16-29(35)17-14-26/h6-14,16-17,19-20,30-31,37H,5,15,18,21-22H2,1-4H3/t30-,31-/m0/s1. The minimum atomic E-state index is -0.871. The van der Waals surface area contributed by atoms with Crippen molar-refractivity contribution in [2.24, 2.45) is 0 Å². The lowest BCUT2D eigenvalue weighted by atomic mass is 9.85. The van der Waals surface area contributed by atoms with Gasteiger partial charge >= 0.3 is 12.1 Å². The highest BCUT2D eigenvalue weighted by molar-refractivity contribution is 6.30. The second kappa shape index (κ2) is 13.4. The van der Waals surface area contributed by atoms with E-state index in [0.29, 0.717) is 23.6 Å². The van der Waals surface area contributed by atoms with Gasteiger partial charge in [0.2, 0.25) is 0 Å². The number of rotatable bonds is 8. The van der Waals surface area contributed by atoms with Crippen molar-refractivity contribution in [3.63, 3.8) is 0 Å². The minimum Gasteiger partial charge on any atom is -0.463 e. The molecule has 0 saturated heterocycles. The molecule has 1 aliphatic carbocycles. The summed E-state index contributed by atoms with van der Waals surface area (Å²) in [7, 11) is 0. The smallest absolute Gasteiger partial charge is 0.410 e. The van der Waals surface area contributed by atoms with Crippen LogP contribution in [0.5, 0.6) is 0 Å². The maximum Gasteiger partial charge on any atom is 0.410 e. The average molecular weight is 576 g/mol. The molecule has 2 atom stereocenters. The van der Waals surface area contributed by atoms with Gasteiger partial charge in [-0.05, 0) is 98.5 Å². The first-order valence-electron chi connectivity index (χ1n) is 14.0. The third kappa shape index (κ3) is 8.44. The van der Waals surface area contributed by atoms with E-state index in [9.17, 15) is 14.7 Å².